The van der Waals surface area contributed by atoms with E-state index in [-0.39, 0.29) is 17.4 Å². The van der Waals surface area contributed by atoms with Crippen LogP contribution < -0.4 is 15.4 Å². The lowest BCUT2D eigenvalue weighted by Gasteiger charge is -2.22. The van der Waals surface area contributed by atoms with Crippen LogP contribution in [0.4, 0.5) is 18.9 Å². The largest absolute Gasteiger partial charge is 0.465 e. The van der Waals surface area contributed by atoms with E-state index in [0.717, 1.165) is 45.2 Å². The summed E-state index contributed by atoms with van der Waals surface area (Å²) in [6.07, 6.45) is 1.01. The number of esters is 1. The highest BCUT2D eigenvalue weighted by atomic mass is 32.1. The Labute approximate surface area is 209 Å². The SMILES string of the molecule is COC(=O)c1ccc(NC(=O)c2csc(C)n2)c(C(F)(F)F)c1.c1cnc(OC2CCNCC2)nc1. The lowest BCUT2D eigenvalue weighted by atomic mass is 10.1. The Kier molecular flexibility index (Phi) is 9.31. The van der Waals surface area contributed by atoms with Crippen molar-refractivity contribution < 1.29 is 32.2 Å². The summed E-state index contributed by atoms with van der Waals surface area (Å²) in [7, 11) is 1.07. The van der Waals surface area contributed by atoms with Gasteiger partial charge in [-0.3, -0.25) is 4.79 Å². The number of benzene rings is 1. The summed E-state index contributed by atoms with van der Waals surface area (Å²) in [5, 5.41) is 7.51. The maximum Gasteiger partial charge on any atom is 0.418 e. The first-order valence-electron chi connectivity index (χ1n) is 10.8. The van der Waals surface area contributed by atoms with Gasteiger partial charge in [0.1, 0.15) is 11.8 Å². The van der Waals surface area contributed by atoms with Gasteiger partial charge in [-0.15, -0.1) is 11.3 Å². The number of nitrogens with one attached hydrogen (secondary N) is 2. The van der Waals surface area contributed by atoms with Gasteiger partial charge in [-0.25, -0.2) is 19.7 Å². The predicted octanol–water partition coefficient (Wildman–Crippen LogP) is 4.12. The number of carbonyl (C=O) groups excluding carboxylic acids is 2. The van der Waals surface area contributed by atoms with Crippen LogP contribution in [0.1, 0.15) is 44.3 Å². The van der Waals surface area contributed by atoms with Crippen LogP contribution in [0.3, 0.4) is 0 Å². The van der Waals surface area contributed by atoms with Crippen molar-refractivity contribution in [3.63, 3.8) is 0 Å². The van der Waals surface area contributed by atoms with Crippen molar-refractivity contribution in [3.8, 4) is 6.01 Å². The van der Waals surface area contributed by atoms with Gasteiger partial charge < -0.3 is 20.1 Å². The van der Waals surface area contributed by atoms with E-state index in [1.54, 1.807) is 25.4 Å². The minimum atomic E-state index is -4.75. The van der Waals surface area contributed by atoms with Crippen LogP contribution in [0.2, 0.25) is 0 Å². The van der Waals surface area contributed by atoms with Gasteiger partial charge in [-0.1, -0.05) is 0 Å². The van der Waals surface area contributed by atoms with Crippen molar-refractivity contribution in [3.05, 3.63) is 63.9 Å². The maximum atomic E-state index is 13.1. The van der Waals surface area contributed by atoms with E-state index in [1.807, 2.05) is 0 Å². The Hall–Kier alpha value is -3.58. The number of piperidine rings is 1. The first kappa shape index (κ1) is 27.0. The molecule has 3 heterocycles. The number of aryl methyl sites for hydroxylation is 1. The number of alkyl halides is 3. The Bertz CT molecular complexity index is 1170. The number of aromatic nitrogens is 3. The quantitative estimate of drug-likeness (QED) is 0.480. The lowest BCUT2D eigenvalue weighted by Crippen LogP contribution is -2.34. The van der Waals surface area contributed by atoms with Gasteiger partial charge >= 0.3 is 18.2 Å². The molecule has 9 nitrogen and oxygen atoms in total. The average molecular weight is 524 g/mol. The van der Waals surface area contributed by atoms with Crippen LogP contribution in [-0.4, -0.2) is 53.1 Å². The van der Waals surface area contributed by atoms with E-state index in [9.17, 15) is 22.8 Å². The van der Waals surface area contributed by atoms with Crippen LogP contribution in [-0.2, 0) is 10.9 Å². The molecule has 192 valence electrons. The zero-order chi connectivity index (χ0) is 26.1. The van der Waals surface area contributed by atoms with E-state index in [2.05, 4.69) is 30.3 Å². The number of ether oxygens (including phenoxy) is 2. The summed E-state index contributed by atoms with van der Waals surface area (Å²) in [4.78, 5) is 35.3. The second kappa shape index (κ2) is 12.4. The molecule has 1 saturated heterocycles. The number of rotatable bonds is 5. The van der Waals surface area contributed by atoms with Crippen LogP contribution >= 0.6 is 11.3 Å². The molecule has 0 bridgehead atoms. The van der Waals surface area contributed by atoms with Crippen molar-refractivity contribution in [1.29, 1.82) is 0 Å². The molecule has 1 aliphatic rings. The fraction of sp³-hybridized carbons (Fsp3) is 0.348. The molecule has 0 aliphatic carbocycles. The normalized spacial score (nSPS) is 13.8. The molecular formula is C23H24F3N5O4S. The van der Waals surface area contributed by atoms with Crippen molar-refractivity contribution >= 4 is 28.9 Å². The topological polar surface area (TPSA) is 115 Å². The molecule has 3 aromatic rings. The van der Waals surface area contributed by atoms with Gasteiger partial charge in [-0.05, 0) is 57.1 Å². The molecule has 0 saturated carbocycles. The third-order valence-corrected chi connectivity index (χ3v) is 5.72. The minimum absolute atomic E-state index is 0.0256. The number of amides is 1. The molecule has 1 fully saturated rings. The van der Waals surface area contributed by atoms with Crippen LogP contribution in [0.5, 0.6) is 6.01 Å². The lowest BCUT2D eigenvalue weighted by molar-refractivity contribution is -0.136. The highest BCUT2D eigenvalue weighted by Gasteiger charge is 2.35. The summed E-state index contributed by atoms with van der Waals surface area (Å²) in [5.74, 6) is -1.66. The molecule has 2 aromatic heterocycles. The number of hydrogen-bond acceptors (Lipinski definition) is 9. The second-order valence-corrected chi connectivity index (χ2v) is 8.62. The van der Waals surface area contributed by atoms with Crippen LogP contribution in [0.15, 0.2) is 42.0 Å². The molecular weight excluding hydrogens is 499 g/mol. The number of thiazole rings is 1. The summed E-state index contributed by atoms with van der Waals surface area (Å²) in [5.41, 5.74) is -1.83. The van der Waals surface area contributed by atoms with Crippen molar-refractivity contribution in [2.75, 3.05) is 25.5 Å². The molecule has 0 radical (unpaired) electrons. The summed E-state index contributed by atoms with van der Waals surface area (Å²) in [6, 6.07) is 5.06. The van der Waals surface area contributed by atoms with E-state index >= 15 is 0 Å². The van der Waals surface area contributed by atoms with E-state index < -0.39 is 29.3 Å². The maximum absolute atomic E-state index is 13.1. The van der Waals surface area contributed by atoms with E-state index in [1.165, 1.54) is 16.7 Å². The summed E-state index contributed by atoms with van der Waals surface area (Å²) >= 11 is 1.21. The zero-order valence-corrected chi connectivity index (χ0v) is 20.3. The monoisotopic (exact) mass is 523 g/mol. The fourth-order valence-electron chi connectivity index (χ4n) is 3.20. The summed E-state index contributed by atoms with van der Waals surface area (Å²) in [6.45, 7) is 3.72. The second-order valence-electron chi connectivity index (χ2n) is 7.55. The highest BCUT2D eigenvalue weighted by Crippen LogP contribution is 2.36. The third kappa shape index (κ3) is 7.71. The molecule has 36 heavy (non-hydrogen) atoms. The average Bonchev–Trinajstić information content (AvgIpc) is 3.31. The van der Waals surface area contributed by atoms with Crippen molar-refractivity contribution in [1.82, 2.24) is 20.3 Å². The number of nitrogens with zero attached hydrogens (tertiary/aromatic N) is 3. The Morgan fingerprint density at radius 1 is 1.17 bits per heavy atom. The molecule has 0 spiro atoms. The Balaban J connectivity index is 0.000000233. The van der Waals surface area contributed by atoms with Crippen molar-refractivity contribution in [2.45, 2.75) is 32.0 Å². The predicted molar refractivity (Wildman–Crippen MR) is 126 cm³/mol. The number of halogens is 3. The molecule has 1 aliphatic heterocycles. The van der Waals surface area contributed by atoms with Gasteiger partial charge in [0.25, 0.3) is 5.91 Å². The molecule has 1 aromatic carbocycles. The Morgan fingerprint density at radius 2 is 1.86 bits per heavy atom. The number of methoxy groups -OCH3 is 1. The molecule has 1 amide bonds. The van der Waals surface area contributed by atoms with Gasteiger partial charge in [0, 0.05) is 17.8 Å². The van der Waals surface area contributed by atoms with Gasteiger partial charge in [0.15, 0.2) is 0 Å². The molecule has 4 rings (SSSR count). The first-order valence-corrected chi connectivity index (χ1v) is 11.7. The highest BCUT2D eigenvalue weighted by molar-refractivity contribution is 7.09. The number of hydrogen-bond donors (Lipinski definition) is 2. The summed E-state index contributed by atoms with van der Waals surface area (Å²) < 4.78 is 49.4. The van der Waals surface area contributed by atoms with Gasteiger partial charge in [-0.2, -0.15) is 13.2 Å². The van der Waals surface area contributed by atoms with E-state index in [0.29, 0.717) is 17.1 Å². The van der Waals surface area contributed by atoms with Gasteiger partial charge in [0.05, 0.1) is 28.9 Å². The molecule has 0 atom stereocenters. The van der Waals surface area contributed by atoms with Crippen molar-refractivity contribution in [2.24, 2.45) is 0 Å². The first-order chi connectivity index (χ1) is 17.2. The van der Waals surface area contributed by atoms with Crippen LogP contribution in [0.25, 0.3) is 0 Å². The fourth-order valence-corrected chi connectivity index (χ4v) is 3.79. The molecule has 0 unspecified atom stereocenters. The smallest absolute Gasteiger partial charge is 0.418 e. The number of carbonyl (C=O) groups is 2. The third-order valence-electron chi connectivity index (χ3n) is 4.95. The van der Waals surface area contributed by atoms with Crippen LogP contribution in [0, 0.1) is 6.92 Å². The Morgan fingerprint density at radius 3 is 2.44 bits per heavy atom. The zero-order valence-electron chi connectivity index (χ0n) is 19.5. The van der Waals surface area contributed by atoms with E-state index in [4.69, 9.17) is 4.74 Å². The molecule has 13 heteroatoms. The standard InChI is InChI=1S/C14H11F3N2O3S.C9H13N3O/c1-7-18-11(6-23-7)12(20)19-10-4-3-8(13(21)22-2)5-9(10)14(15,16)17;1-4-11-9(12-5-1)13-8-2-6-10-7-3-8/h3-6H,1-2H3,(H,19,20);1,4-5,8,10H,2-3,6-7H2. The number of anilines is 1. The van der Waals surface area contributed by atoms with Gasteiger partial charge in [0.2, 0.25) is 0 Å². The minimum Gasteiger partial charge on any atom is -0.465 e. The molecule has 2 N–H and O–H groups in total.